The molecule has 1 atom stereocenters. The first-order chi connectivity index (χ1) is 7.13. The number of phenols is 1. The van der Waals surface area contributed by atoms with Gasteiger partial charge in [-0.15, -0.1) is 0 Å². The van der Waals surface area contributed by atoms with Gasteiger partial charge < -0.3 is 20.3 Å². The molecule has 1 rings (SSSR count). The fourth-order valence-electron chi connectivity index (χ4n) is 1.42. The van der Waals surface area contributed by atoms with E-state index in [2.05, 4.69) is 0 Å². The lowest BCUT2D eigenvalue weighted by Crippen LogP contribution is -2.10. The molecule has 1 unspecified atom stereocenters. The van der Waals surface area contributed by atoms with E-state index in [0.29, 0.717) is 18.0 Å². The Balaban J connectivity index is 3.21. The number of rotatable bonds is 4. The zero-order chi connectivity index (χ0) is 11.4. The van der Waals surface area contributed by atoms with Crippen molar-refractivity contribution >= 4 is 0 Å². The van der Waals surface area contributed by atoms with E-state index in [1.807, 2.05) is 6.92 Å². The summed E-state index contributed by atoms with van der Waals surface area (Å²) in [7, 11) is 3.08. The lowest BCUT2D eigenvalue weighted by atomic mass is 9.99. The third kappa shape index (κ3) is 2.33. The van der Waals surface area contributed by atoms with Gasteiger partial charge in [-0.3, -0.25) is 0 Å². The first-order valence-corrected chi connectivity index (χ1v) is 4.79. The SMILES string of the molecule is COc1cc(OC)c(C(C)CN)cc1O. The molecule has 1 aromatic rings. The molecular weight excluding hydrogens is 194 g/mol. The van der Waals surface area contributed by atoms with Crippen LogP contribution in [0, 0.1) is 0 Å². The van der Waals surface area contributed by atoms with Crippen LogP contribution in [-0.4, -0.2) is 25.9 Å². The summed E-state index contributed by atoms with van der Waals surface area (Å²) in [5.41, 5.74) is 6.47. The molecule has 0 bridgehead atoms. The summed E-state index contributed by atoms with van der Waals surface area (Å²) in [6, 6.07) is 3.30. The Bertz CT molecular complexity index is 339. The second-order valence-electron chi connectivity index (χ2n) is 3.40. The van der Waals surface area contributed by atoms with Gasteiger partial charge in [-0.05, 0) is 18.5 Å². The van der Waals surface area contributed by atoms with Crippen molar-refractivity contribution in [2.75, 3.05) is 20.8 Å². The third-order valence-electron chi connectivity index (χ3n) is 2.42. The first-order valence-electron chi connectivity index (χ1n) is 4.79. The van der Waals surface area contributed by atoms with Gasteiger partial charge >= 0.3 is 0 Å². The van der Waals surface area contributed by atoms with Crippen LogP contribution in [0.15, 0.2) is 12.1 Å². The van der Waals surface area contributed by atoms with Crippen molar-refractivity contribution in [3.63, 3.8) is 0 Å². The summed E-state index contributed by atoms with van der Waals surface area (Å²) in [5.74, 6) is 1.33. The van der Waals surface area contributed by atoms with Crippen LogP contribution >= 0.6 is 0 Å². The van der Waals surface area contributed by atoms with Crippen LogP contribution in [0.4, 0.5) is 0 Å². The third-order valence-corrected chi connectivity index (χ3v) is 2.42. The average Bonchev–Trinajstić information content (AvgIpc) is 2.27. The summed E-state index contributed by atoms with van der Waals surface area (Å²) in [6.07, 6.45) is 0. The van der Waals surface area contributed by atoms with Crippen LogP contribution in [0.5, 0.6) is 17.2 Å². The van der Waals surface area contributed by atoms with E-state index in [1.165, 1.54) is 7.11 Å². The molecule has 0 radical (unpaired) electrons. The Hall–Kier alpha value is -1.42. The summed E-state index contributed by atoms with van der Waals surface area (Å²) >= 11 is 0. The predicted octanol–water partition coefficient (Wildman–Crippen LogP) is 1.47. The lowest BCUT2D eigenvalue weighted by Gasteiger charge is -2.15. The number of hydrogen-bond donors (Lipinski definition) is 2. The Morgan fingerprint density at radius 2 is 1.87 bits per heavy atom. The fourth-order valence-corrected chi connectivity index (χ4v) is 1.42. The number of aromatic hydroxyl groups is 1. The van der Waals surface area contributed by atoms with Gasteiger partial charge in [-0.1, -0.05) is 6.92 Å². The van der Waals surface area contributed by atoms with Crippen molar-refractivity contribution < 1.29 is 14.6 Å². The number of methoxy groups -OCH3 is 2. The molecule has 84 valence electrons. The molecule has 0 aliphatic carbocycles. The molecule has 0 amide bonds. The van der Waals surface area contributed by atoms with Crippen LogP contribution in [0.1, 0.15) is 18.4 Å². The normalized spacial score (nSPS) is 12.3. The highest BCUT2D eigenvalue weighted by Gasteiger charge is 2.14. The van der Waals surface area contributed by atoms with Crippen LogP contribution in [-0.2, 0) is 0 Å². The Morgan fingerprint density at radius 3 is 2.33 bits per heavy atom. The van der Waals surface area contributed by atoms with Gasteiger partial charge in [0.1, 0.15) is 5.75 Å². The molecule has 4 heteroatoms. The van der Waals surface area contributed by atoms with E-state index in [0.717, 1.165) is 5.56 Å². The summed E-state index contributed by atoms with van der Waals surface area (Å²) in [4.78, 5) is 0. The predicted molar refractivity (Wildman–Crippen MR) is 58.7 cm³/mol. The monoisotopic (exact) mass is 211 g/mol. The van der Waals surface area contributed by atoms with E-state index in [-0.39, 0.29) is 11.7 Å². The van der Waals surface area contributed by atoms with Crippen molar-refractivity contribution in [1.82, 2.24) is 0 Å². The molecule has 0 fully saturated rings. The minimum Gasteiger partial charge on any atom is -0.504 e. The number of ether oxygens (including phenoxy) is 2. The number of benzene rings is 1. The summed E-state index contributed by atoms with van der Waals surface area (Å²) in [5, 5.41) is 9.63. The molecule has 0 aliphatic rings. The standard InChI is InChI=1S/C11H17NO3/c1-7(6-12)8-4-9(13)11(15-3)5-10(8)14-2/h4-5,7,13H,6,12H2,1-3H3. The zero-order valence-electron chi connectivity index (χ0n) is 9.28. The maximum absolute atomic E-state index is 9.63. The molecule has 4 nitrogen and oxygen atoms in total. The fraction of sp³-hybridized carbons (Fsp3) is 0.455. The molecule has 0 aliphatic heterocycles. The molecule has 0 aromatic heterocycles. The van der Waals surface area contributed by atoms with Crippen LogP contribution in [0.2, 0.25) is 0 Å². The Morgan fingerprint density at radius 1 is 1.27 bits per heavy atom. The smallest absolute Gasteiger partial charge is 0.164 e. The van der Waals surface area contributed by atoms with Gasteiger partial charge in [-0.25, -0.2) is 0 Å². The van der Waals surface area contributed by atoms with Crippen molar-refractivity contribution in [2.45, 2.75) is 12.8 Å². The van der Waals surface area contributed by atoms with Gasteiger partial charge in [0.15, 0.2) is 11.5 Å². The summed E-state index contributed by atoms with van der Waals surface area (Å²) in [6.45, 7) is 2.48. The minimum atomic E-state index is 0.105. The second kappa shape index (κ2) is 4.89. The highest BCUT2D eigenvalue weighted by atomic mass is 16.5. The van der Waals surface area contributed by atoms with E-state index in [4.69, 9.17) is 15.2 Å². The number of hydrogen-bond acceptors (Lipinski definition) is 4. The van der Waals surface area contributed by atoms with Crippen LogP contribution in [0.3, 0.4) is 0 Å². The van der Waals surface area contributed by atoms with Crippen molar-refractivity contribution in [1.29, 1.82) is 0 Å². The van der Waals surface area contributed by atoms with Crippen molar-refractivity contribution in [3.05, 3.63) is 17.7 Å². The minimum absolute atomic E-state index is 0.105. The topological polar surface area (TPSA) is 64.7 Å². The largest absolute Gasteiger partial charge is 0.504 e. The zero-order valence-corrected chi connectivity index (χ0v) is 9.28. The highest BCUT2D eigenvalue weighted by Crippen LogP contribution is 2.36. The second-order valence-corrected chi connectivity index (χ2v) is 3.40. The molecule has 0 saturated carbocycles. The lowest BCUT2D eigenvalue weighted by molar-refractivity contribution is 0.361. The van der Waals surface area contributed by atoms with E-state index >= 15 is 0 Å². The molecule has 0 spiro atoms. The molecule has 3 N–H and O–H groups in total. The maximum Gasteiger partial charge on any atom is 0.164 e. The summed E-state index contributed by atoms with van der Waals surface area (Å²) < 4.78 is 10.2. The highest BCUT2D eigenvalue weighted by molar-refractivity contribution is 5.51. The van der Waals surface area contributed by atoms with Gasteiger partial charge in [0, 0.05) is 11.6 Å². The van der Waals surface area contributed by atoms with Crippen LogP contribution < -0.4 is 15.2 Å². The molecule has 15 heavy (non-hydrogen) atoms. The van der Waals surface area contributed by atoms with Crippen LogP contribution in [0.25, 0.3) is 0 Å². The Kier molecular flexibility index (Phi) is 3.80. The quantitative estimate of drug-likeness (QED) is 0.791. The Labute approximate surface area is 89.6 Å². The van der Waals surface area contributed by atoms with E-state index < -0.39 is 0 Å². The van der Waals surface area contributed by atoms with Gasteiger partial charge in [0.25, 0.3) is 0 Å². The number of phenolic OH excluding ortho intramolecular Hbond substituents is 1. The van der Waals surface area contributed by atoms with E-state index in [1.54, 1.807) is 19.2 Å². The van der Waals surface area contributed by atoms with Gasteiger partial charge in [-0.2, -0.15) is 0 Å². The number of nitrogens with two attached hydrogens (primary N) is 1. The molecule has 0 saturated heterocycles. The average molecular weight is 211 g/mol. The van der Waals surface area contributed by atoms with Gasteiger partial charge in [0.05, 0.1) is 14.2 Å². The van der Waals surface area contributed by atoms with Crippen molar-refractivity contribution in [3.8, 4) is 17.2 Å². The molecule has 0 heterocycles. The van der Waals surface area contributed by atoms with Gasteiger partial charge in [0.2, 0.25) is 0 Å². The van der Waals surface area contributed by atoms with Crippen molar-refractivity contribution in [2.24, 2.45) is 5.73 Å². The maximum atomic E-state index is 9.63. The van der Waals surface area contributed by atoms with E-state index in [9.17, 15) is 5.11 Å². The molecule has 1 aromatic carbocycles. The first kappa shape index (κ1) is 11.7. The molecular formula is C11H17NO3.